The van der Waals surface area contributed by atoms with Gasteiger partial charge in [0, 0.05) is 13.5 Å². The first kappa shape index (κ1) is 11.1. The predicted octanol–water partition coefficient (Wildman–Crippen LogP) is 0.107. The van der Waals surface area contributed by atoms with Crippen molar-refractivity contribution in [3.8, 4) is 0 Å². The van der Waals surface area contributed by atoms with Crippen LogP contribution in [-0.4, -0.2) is 35.7 Å². The Morgan fingerprint density at radius 3 is 3.19 bits per heavy atom. The van der Waals surface area contributed by atoms with E-state index >= 15 is 0 Å². The van der Waals surface area contributed by atoms with Crippen molar-refractivity contribution in [3.63, 3.8) is 0 Å². The maximum Gasteiger partial charge on any atom is 0.292 e. The summed E-state index contributed by atoms with van der Waals surface area (Å²) in [4.78, 5) is 15.4. The Labute approximate surface area is 93.8 Å². The van der Waals surface area contributed by atoms with Gasteiger partial charge in [-0.2, -0.15) is 4.98 Å². The van der Waals surface area contributed by atoms with Crippen LogP contribution in [-0.2, 0) is 0 Å². The number of aryl methyl sites for hydroxylation is 1. The van der Waals surface area contributed by atoms with E-state index in [-0.39, 0.29) is 11.7 Å². The number of hydrogen-bond acceptors (Lipinski definition) is 5. The van der Waals surface area contributed by atoms with E-state index in [1.807, 2.05) is 0 Å². The van der Waals surface area contributed by atoms with Gasteiger partial charge in [-0.1, -0.05) is 5.16 Å². The number of carbonyl (C=O) groups excluding carboxylic acids is 1. The molecule has 6 heteroatoms. The fourth-order valence-corrected chi connectivity index (χ4v) is 1.82. The quantitative estimate of drug-likeness (QED) is 0.758. The number of amides is 1. The third kappa shape index (κ3) is 2.79. The van der Waals surface area contributed by atoms with Crippen LogP contribution in [0.5, 0.6) is 0 Å². The number of nitrogens with zero attached hydrogens (tertiary/aromatic N) is 2. The van der Waals surface area contributed by atoms with Crippen LogP contribution in [0, 0.1) is 12.8 Å². The average Bonchev–Trinajstić information content (AvgIpc) is 2.89. The molecule has 1 atom stereocenters. The van der Waals surface area contributed by atoms with E-state index in [1.54, 1.807) is 6.92 Å². The molecule has 0 bridgehead atoms. The summed E-state index contributed by atoms with van der Waals surface area (Å²) in [5.41, 5.74) is 0. The van der Waals surface area contributed by atoms with Gasteiger partial charge in [0.15, 0.2) is 0 Å². The Hall–Kier alpha value is -1.43. The molecule has 1 aromatic rings. The molecule has 2 rings (SSSR count). The lowest BCUT2D eigenvalue weighted by Crippen LogP contribution is -2.27. The van der Waals surface area contributed by atoms with Gasteiger partial charge in [0.1, 0.15) is 0 Å². The SMILES string of the molecule is Cc1nc(C(=O)NCCC2CCNC2)no1. The summed E-state index contributed by atoms with van der Waals surface area (Å²) in [6.45, 7) is 4.46. The Morgan fingerprint density at radius 2 is 2.56 bits per heavy atom. The summed E-state index contributed by atoms with van der Waals surface area (Å²) in [6.07, 6.45) is 2.19. The first-order valence-electron chi connectivity index (χ1n) is 5.55. The topological polar surface area (TPSA) is 80.0 Å². The van der Waals surface area contributed by atoms with Crippen LogP contribution in [0.15, 0.2) is 4.52 Å². The number of hydrogen-bond donors (Lipinski definition) is 2. The molecule has 88 valence electrons. The van der Waals surface area contributed by atoms with Gasteiger partial charge in [-0.05, 0) is 31.8 Å². The van der Waals surface area contributed by atoms with E-state index < -0.39 is 0 Å². The summed E-state index contributed by atoms with van der Waals surface area (Å²) in [5, 5.41) is 9.64. The van der Waals surface area contributed by atoms with E-state index in [0.717, 1.165) is 19.5 Å². The molecule has 1 saturated heterocycles. The second-order valence-corrected chi connectivity index (χ2v) is 4.04. The molecule has 1 aliphatic rings. The lowest BCUT2D eigenvalue weighted by Gasteiger charge is -2.07. The molecule has 1 aliphatic heterocycles. The number of aromatic nitrogens is 2. The van der Waals surface area contributed by atoms with Crippen LogP contribution in [0.1, 0.15) is 29.4 Å². The number of rotatable bonds is 4. The summed E-state index contributed by atoms with van der Waals surface area (Å²) < 4.78 is 4.73. The highest BCUT2D eigenvalue weighted by molar-refractivity contribution is 5.90. The third-order valence-electron chi connectivity index (χ3n) is 2.73. The molecule has 6 nitrogen and oxygen atoms in total. The van der Waals surface area contributed by atoms with E-state index in [4.69, 9.17) is 4.52 Å². The zero-order valence-corrected chi connectivity index (χ0v) is 9.32. The molecular weight excluding hydrogens is 208 g/mol. The molecule has 1 unspecified atom stereocenters. The van der Waals surface area contributed by atoms with Crippen molar-refractivity contribution in [2.75, 3.05) is 19.6 Å². The molecule has 2 heterocycles. The van der Waals surface area contributed by atoms with Crippen molar-refractivity contribution >= 4 is 5.91 Å². The van der Waals surface area contributed by atoms with Gasteiger partial charge >= 0.3 is 0 Å². The Kier molecular flexibility index (Phi) is 3.51. The highest BCUT2D eigenvalue weighted by atomic mass is 16.5. The predicted molar refractivity (Wildman–Crippen MR) is 57.0 cm³/mol. The van der Waals surface area contributed by atoms with Gasteiger partial charge in [-0.15, -0.1) is 0 Å². The zero-order valence-electron chi connectivity index (χ0n) is 9.32. The van der Waals surface area contributed by atoms with Gasteiger partial charge in [0.05, 0.1) is 0 Å². The van der Waals surface area contributed by atoms with Crippen LogP contribution >= 0.6 is 0 Å². The Balaban J connectivity index is 1.71. The molecule has 1 aromatic heterocycles. The van der Waals surface area contributed by atoms with Crippen molar-refractivity contribution in [2.24, 2.45) is 5.92 Å². The van der Waals surface area contributed by atoms with Crippen molar-refractivity contribution in [1.29, 1.82) is 0 Å². The van der Waals surface area contributed by atoms with Crippen molar-refractivity contribution < 1.29 is 9.32 Å². The first-order valence-corrected chi connectivity index (χ1v) is 5.55. The van der Waals surface area contributed by atoms with Gasteiger partial charge < -0.3 is 15.2 Å². The van der Waals surface area contributed by atoms with Crippen LogP contribution in [0.4, 0.5) is 0 Å². The molecule has 1 fully saturated rings. The molecule has 1 amide bonds. The number of carbonyl (C=O) groups is 1. The van der Waals surface area contributed by atoms with E-state index in [1.165, 1.54) is 6.42 Å². The Morgan fingerprint density at radius 1 is 1.69 bits per heavy atom. The van der Waals surface area contributed by atoms with Gasteiger partial charge in [0.2, 0.25) is 5.89 Å². The minimum atomic E-state index is -0.261. The monoisotopic (exact) mass is 224 g/mol. The van der Waals surface area contributed by atoms with E-state index in [2.05, 4.69) is 20.8 Å². The largest absolute Gasteiger partial charge is 0.349 e. The fourth-order valence-electron chi connectivity index (χ4n) is 1.82. The summed E-state index contributed by atoms with van der Waals surface area (Å²) >= 11 is 0. The van der Waals surface area contributed by atoms with Gasteiger partial charge in [0.25, 0.3) is 11.7 Å². The van der Waals surface area contributed by atoms with Crippen LogP contribution in [0.2, 0.25) is 0 Å². The van der Waals surface area contributed by atoms with Gasteiger partial charge in [-0.3, -0.25) is 4.79 Å². The van der Waals surface area contributed by atoms with Crippen molar-refractivity contribution in [2.45, 2.75) is 19.8 Å². The summed E-state index contributed by atoms with van der Waals surface area (Å²) in [7, 11) is 0. The van der Waals surface area contributed by atoms with Crippen LogP contribution < -0.4 is 10.6 Å². The average molecular weight is 224 g/mol. The molecule has 0 saturated carbocycles. The molecule has 0 spiro atoms. The van der Waals surface area contributed by atoms with Crippen molar-refractivity contribution in [1.82, 2.24) is 20.8 Å². The molecule has 0 aliphatic carbocycles. The molecule has 2 N–H and O–H groups in total. The maximum absolute atomic E-state index is 11.5. The fraction of sp³-hybridized carbons (Fsp3) is 0.700. The molecule has 0 aromatic carbocycles. The summed E-state index contributed by atoms with van der Waals surface area (Å²) in [6, 6.07) is 0. The normalized spacial score (nSPS) is 19.9. The lowest BCUT2D eigenvalue weighted by atomic mass is 10.1. The maximum atomic E-state index is 11.5. The summed E-state index contributed by atoms with van der Waals surface area (Å²) in [5.74, 6) is 0.933. The highest BCUT2D eigenvalue weighted by Gasteiger charge is 2.16. The van der Waals surface area contributed by atoms with Crippen LogP contribution in [0.3, 0.4) is 0 Å². The van der Waals surface area contributed by atoms with E-state index in [9.17, 15) is 4.79 Å². The zero-order chi connectivity index (χ0) is 11.4. The third-order valence-corrected chi connectivity index (χ3v) is 2.73. The smallest absolute Gasteiger partial charge is 0.292 e. The minimum absolute atomic E-state index is 0.113. The molecule has 16 heavy (non-hydrogen) atoms. The highest BCUT2D eigenvalue weighted by Crippen LogP contribution is 2.10. The van der Waals surface area contributed by atoms with Crippen LogP contribution in [0.25, 0.3) is 0 Å². The second-order valence-electron chi connectivity index (χ2n) is 4.04. The lowest BCUT2D eigenvalue weighted by molar-refractivity contribution is 0.0938. The standard InChI is InChI=1S/C10H16N4O2/c1-7-13-9(14-16-7)10(15)12-5-3-8-2-4-11-6-8/h8,11H,2-6H2,1H3,(H,12,15). The first-order chi connectivity index (χ1) is 7.75. The molecular formula is C10H16N4O2. The van der Waals surface area contributed by atoms with Gasteiger partial charge in [-0.25, -0.2) is 0 Å². The minimum Gasteiger partial charge on any atom is -0.349 e. The molecule has 0 radical (unpaired) electrons. The second kappa shape index (κ2) is 5.07. The number of nitrogens with one attached hydrogen (secondary N) is 2. The van der Waals surface area contributed by atoms with Crippen molar-refractivity contribution in [3.05, 3.63) is 11.7 Å². The van der Waals surface area contributed by atoms with E-state index in [0.29, 0.717) is 18.4 Å². The Bertz CT molecular complexity index is 357.